The zero-order valence-electron chi connectivity index (χ0n) is 14.0. The molecule has 4 rings (SSSR count). The van der Waals surface area contributed by atoms with Crippen molar-refractivity contribution in [2.45, 2.75) is 25.8 Å². The molecule has 0 radical (unpaired) electrons. The number of halogens is 3. The zero-order valence-corrected chi connectivity index (χ0v) is 14.8. The summed E-state index contributed by atoms with van der Waals surface area (Å²) in [5.41, 5.74) is 2.51. The SMILES string of the molecule is O=C(O)C(F)(F)F.c1coc(CN2CCn3c(-c4ccsc4)cnc3C2)c1. The molecular weight excluding hydrogens is 383 g/mol. The van der Waals surface area contributed by atoms with E-state index in [4.69, 9.17) is 14.3 Å². The first-order valence-corrected chi connectivity index (χ1v) is 8.90. The normalized spacial score (nSPS) is 14.3. The van der Waals surface area contributed by atoms with Crippen LogP contribution in [0.15, 0.2) is 45.8 Å². The molecule has 0 amide bonds. The Morgan fingerprint density at radius 3 is 2.70 bits per heavy atom. The van der Waals surface area contributed by atoms with Crippen LogP contribution in [0.3, 0.4) is 0 Å². The summed E-state index contributed by atoms with van der Waals surface area (Å²) in [5, 5.41) is 11.4. The molecule has 4 heterocycles. The molecule has 0 bridgehead atoms. The summed E-state index contributed by atoms with van der Waals surface area (Å²) < 4.78 is 39.5. The van der Waals surface area contributed by atoms with E-state index < -0.39 is 12.1 Å². The van der Waals surface area contributed by atoms with E-state index in [0.29, 0.717) is 0 Å². The molecule has 1 aliphatic rings. The Morgan fingerprint density at radius 1 is 1.33 bits per heavy atom. The van der Waals surface area contributed by atoms with Crippen LogP contribution in [0.4, 0.5) is 13.2 Å². The third kappa shape index (κ3) is 4.77. The van der Waals surface area contributed by atoms with Crippen LogP contribution in [0.5, 0.6) is 0 Å². The maximum atomic E-state index is 10.6. The summed E-state index contributed by atoms with van der Waals surface area (Å²) in [7, 11) is 0. The van der Waals surface area contributed by atoms with Crippen molar-refractivity contribution >= 4 is 17.3 Å². The molecule has 0 atom stereocenters. The fourth-order valence-corrected chi connectivity index (χ4v) is 3.36. The van der Waals surface area contributed by atoms with E-state index in [1.165, 1.54) is 11.3 Å². The van der Waals surface area contributed by atoms with Crippen molar-refractivity contribution < 1.29 is 27.5 Å². The summed E-state index contributed by atoms with van der Waals surface area (Å²) in [5.74, 6) is -0.598. The Morgan fingerprint density at radius 2 is 2.11 bits per heavy atom. The van der Waals surface area contributed by atoms with Crippen molar-refractivity contribution in [3.8, 4) is 11.3 Å². The minimum Gasteiger partial charge on any atom is -0.475 e. The molecule has 0 fully saturated rings. The van der Waals surface area contributed by atoms with Crippen LogP contribution < -0.4 is 0 Å². The van der Waals surface area contributed by atoms with Gasteiger partial charge in [-0.05, 0) is 23.6 Å². The minimum atomic E-state index is -5.08. The highest BCUT2D eigenvalue weighted by atomic mass is 32.1. The van der Waals surface area contributed by atoms with E-state index in [1.807, 2.05) is 18.3 Å². The van der Waals surface area contributed by atoms with E-state index in [0.717, 1.165) is 37.8 Å². The zero-order chi connectivity index (χ0) is 19.4. The number of furan rings is 1. The Bertz CT molecular complexity index is 873. The van der Waals surface area contributed by atoms with Crippen LogP contribution in [0.2, 0.25) is 0 Å². The summed E-state index contributed by atoms with van der Waals surface area (Å²) in [6, 6.07) is 6.12. The number of thiophene rings is 1. The number of carboxylic acids is 1. The summed E-state index contributed by atoms with van der Waals surface area (Å²) >= 11 is 1.73. The highest BCUT2D eigenvalue weighted by Gasteiger charge is 2.38. The number of nitrogens with zero attached hydrogens (tertiary/aromatic N) is 3. The second kappa shape index (κ2) is 7.97. The van der Waals surface area contributed by atoms with Gasteiger partial charge in [0.05, 0.1) is 31.2 Å². The lowest BCUT2D eigenvalue weighted by molar-refractivity contribution is -0.192. The summed E-state index contributed by atoms with van der Waals surface area (Å²) in [6.45, 7) is 3.75. The number of fused-ring (bicyclic) bond motifs is 1. The van der Waals surface area contributed by atoms with Gasteiger partial charge in [-0.25, -0.2) is 9.78 Å². The van der Waals surface area contributed by atoms with E-state index >= 15 is 0 Å². The highest BCUT2D eigenvalue weighted by Crippen LogP contribution is 2.26. The van der Waals surface area contributed by atoms with Gasteiger partial charge in [-0.1, -0.05) is 0 Å². The third-order valence-electron chi connectivity index (χ3n) is 3.96. The topological polar surface area (TPSA) is 71.5 Å². The highest BCUT2D eigenvalue weighted by molar-refractivity contribution is 7.08. The van der Waals surface area contributed by atoms with Gasteiger partial charge in [-0.2, -0.15) is 24.5 Å². The second-order valence-electron chi connectivity index (χ2n) is 5.82. The van der Waals surface area contributed by atoms with Crippen molar-refractivity contribution in [1.29, 1.82) is 0 Å². The number of hydrogen-bond donors (Lipinski definition) is 1. The number of carbonyl (C=O) groups is 1. The maximum absolute atomic E-state index is 10.6. The second-order valence-corrected chi connectivity index (χ2v) is 6.60. The van der Waals surface area contributed by atoms with Gasteiger partial charge >= 0.3 is 12.1 Å². The van der Waals surface area contributed by atoms with Gasteiger partial charge < -0.3 is 14.1 Å². The number of carboxylic acid groups (broad SMARTS) is 1. The number of aliphatic carboxylic acids is 1. The molecule has 0 saturated carbocycles. The van der Waals surface area contributed by atoms with Crippen molar-refractivity contribution in [1.82, 2.24) is 14.5 Å². The Labute approximate surface area is 156 Å². The lowest BCUT2D eigenvalue weighted by Gasteiger charge is -2.27. The average molecular weight is 399 g/mol. The number of alkyl halides is 3. The molecule has 3 aromatic heterocycles. The van der Waals surface area contributed by atoms with Gasteiger partial charge in [-0.3, -0.25) is 4.90 Å². The molecule has 27 heavy (non-hydrogen) atoms. The lowest BCUT2D eigenvalue weighted by Crippen LogP contribution is -2.33. The van der Waals surface area contributed by atoms with Gasteiger partial charge in [0.1, 0.15) is 11.6 Å². The molecule has 6 nitrogen and oxygen atoms in total. The van der Waals surface area contributed by atoms with Crippen LogP contribution in [0.1, 0.15) is 11.6 Å². The number of hydrogen-bond acceptors (Lipinski definition) is 5. The fourth-order valence-electron chi connectivity index (χ4n) is 2.71. The van der Waals surface area contributed by atoms with Crippen LogP contribution in [0, 0.1) is 0 Å². The van der Waals surface area contributed by atoms with Gasteiger partial charge in [0.2, 0.25) is 0 Å². The predicted molar refractivity (Wildman–Crippen MR) is 92.1 cm³/mol. The first-order valence-electron chi connectivity index (χ1n) is 7.96. The largest absolute Gasteiger partial charge is 0.490 e. The van der Waals surface area contributed by atoms with Crippen molar-refractivity contribution in [2.75, 3.05) is 6.54 Å². The van der Waals surface area contributed by atoms with Crippen molar-refractivity contribution in [2.24, 2.45) is 0 Å². The molecule has 0 aliphatic carbocycles. The van der Waals surface area contributed by atoms with Gasteiger partial charge in [0, 0.05) is 24.0 Å². The molecule has 0 unspecified atom stereocenters. The molecule has 0 aromatic carbocycles. The first kappa shape index (κ1) is 19.2. The quantitative estimate of drug-likeness (QED) is 0.724. The average Bonchev–Trinajstić information content (AvgIpc) is 3.35. The lowest BCUT2D eigenvalue weighted by atomic mass is 10.2. The monoisotopic (exact) mass is 399 g/mol. The van der Waals surface area contributed by atoms with Crippen LogP contribution in [0.25, 0.3) is 11.3 Å². The number of imidazole rings is 1. The van der Waals surface area contributed by atoms with E-state index in [9.17, 15) is 13.2 Å². The molecule has 3 aromatic rings. The van der Waals surface area contributed by atoms with Crippen LogP contribution >= 0.6 is 11.3 Å². The standard InChI is InChI=1S/C15H15N3OS.C2HF3O2/c1-2-13(19-6-1)9-17-4-5-18-14(8-16-15(18)10-17)12-3-7-20-11-12;3-2(4,5)1(6)7/h1-3,6-8,11H,4-5,9-10H2;(H,6,7). The molecule has 0 saturated heterocycles. The Balaban J connectivity index is 0.000000260. The molecule has 1 N–H and O–H groups in total. The maximum Gasteiger partial charge on any atom is 0.490 e. The number of aromatic nitrogens is 2. The third-order valence-corrected chi connectivity index (χ3v) is 4.65. The van der Waals surface area contributed by atoms with E-state index in [2.05, 4.69) is 31.3 Å². The number of rotatable bonds is 3. The molecular formula is C17H16F3N3O3S. The van der Waals surface area contributed by atoms with Gasteiger partial charge in [0.15, 0.2) is 0 Å². The molecule has 1 aliphatic heterocycles. The summed E-state index contributed by atoms with van der Waals surface area (Å²) in [6.07, 6.45) is -1.36. The molecule has 10 heteroatoms. The van der Waals surface area contributed by atoms with E-state index in [-0.39, 0.29) is 0 Å². The van der Waals surface area contributed by atoms with Crippen LogP contribution in [-0.4, -0.2) is 38.2 Å². The van der Waals surface area contributed by atoms with Crippen LogP contribution in [-0.2, 0) is 24.4 Å². The first-order chi connectivity index (χ1) is 12.8. The smallest absolute Gasteiger partial charge is 0.475 e. The predicted octanol–water partition coefficient (Wildman–Crippen LogP) is 3.85. The summed E-state index contributed by atoms with van der Waals surface area (Å²) in [4.78, 5) is 15.9. The van der Waals surface area contributed by atoms with Gasteiger partial charge in [-0.15, -0.1) is 0 Å². The van der Waals surface area contributed by atoms with Gasteiger partial charge in [0.25, 0.3) is 0 Å². The molecule has 144 valence electrons. The molecule has 0 spiro atoms. The fraction of sp³-hybridized carbons (Fsp3) is 0.294. The minimum absolute atomic E-state index is 0.855. The van der Waals surface area contributed by atoms with Crippen molar-refractivity contribution in [3.63, 3.8) is 0 Å². The Hall–Kier alpha value is -2.59. The van der Waals surface area contributed by atoms with E-state index in [1.54, 1.807) is 17.6 Å². The van der Waals surface area contributed by atoms with Crippen molar-refractivity contribution in [3.05, 3.63) is 53.0 Å². The Kier molecular flexibility index (Phi) is 5.66.